The topological polar surface area (TPSA) is 173 Å². The van der Waals surface area contributed by atoms with Crippen molar-refractivity contribution in [2.75, 3.05) is 6.54 Å². The van der Waals surface area contributed by atoms with Gasteiger partial charge >= 0.3 is 12.3 Å². The Bertz CT molecular complexity index is 1840. The molecule has 1 saturated carbocycles. The van der Waals surface area contributed by atoms with Crippen molar-refractivity contribution in [3.63, 3.8) is 0 Å². The molecule has 3 N–H and O–H groups in total. The van der Waals surface area contributed by atoms with Crippen LogP contribution in [0, 0.1) is 5.41 Å². The number of hydrogen-bond acceptors (Lipinski definition) is 9. The van der Waals surface area contributed by atoms with Gasteiger partial charge in [0, 0.05) is 18.0 Å². The molecule has 4 amide bonds. The van der Waals surface area contributed by atoms with E-state index in [1.54, 1.807) is 41.5 Å². The SMILES string of the molecule is C=CC[C@](C)(NC(=O)[C@@H]1C[C@@H](Oc2ccnc3c(C(F)(F)F)cccc23)CN1C(=O)[C@@H](NC(=O)OC(C)(C)C)C(C)(C)C)C(=O)NS(=O)(=O)C1CC1. The fourth-order valence-electron chi connectivity index (χ4n) is 5.82. The third kappa shape index (κ3) is 9.52. The number of ether oxygens (including phenoxy) is 2. The summed E-state index contributed by atoms with van der Waals surface area (Å²) >= 11 is 0. The van der Waals surface area contributed by atoms with E-state index in [0.29, 0.717) is 12.8 Å². The lowest BCUT2D eigenvalue weighted by Crippen LogP contribution is -2.62. The van der Waals surface area contributed by atoms with Crippen molar-refractivity contribution in [2.24, 2.45) is 5.41 Å². The maximum Gasteiger partial charge on any atom is 0.418 e. The predicted octanol–water partition coefficient (Wildman–Crippen LogP) is 4.60. The number of nitrogens with zero attached hydrogens (tertiary/aromatic N) is 2. The van der Waals surface area contributed by atoms with Gasteiger partial charge in [0.05, 0.1) is 22.9 Å². The van der Waals surface area contributed by atoms with Crippen molar-refractivity contribution in [3.05, 3.63) is 48.7 Å². The molecule has 0 unspecified atom stereocenters. The van der Waals surface area contributed by atoms with Gasteiger partial charge in [-0.15, -0.1) is 6.58 Å². The second-order valence-corrected chi connectivity index (χ2v) is 17.4. The van der Waals surface area contributed by atoms with Gasteiger partial charge in [0.2, 0.25) is 21.8 Å². The molecule has 286 valence electrons. The van der Waals surface area contributed by atoms with Gasteiger partial charge in [-0.3, -0.25) is 24.1 Å². The first-order valence-electron chi connectivity index (χ1n) is 16.8. The number of amides is 4. The van der Waals surface area contributed by atoms with E-state index in [1.165, 1.54) is 36.1 Å². The van der Waals surface area contributed by atoms with Gasteiger partial charge in [0.15, 0.2) is 0 Å². The number of likely N-dealkylation sites (tertiary alicyclic amines) is 1. The maximum absolute atomic E-state index is 14.4. The van der Waals surface area contributed by atoms with E-state index in [-0.39, 0.29) is 36.0 Å². The number of hydrogen-bond donors (Lipinski definition) is 3. The number of para-hydroxylation sites is 1. The second kappa shape index (κ2) is 14.5. The highest BCUT2D eigenvalue weighted by Gasteiger charge is 2.49. The van der Waals surface area contributed by atoms with Crippen LogP contribution in [0.1, 0.15) is 79.7 Å². The number of carbonyl (C=O) groups excluding carboxylic acids is 4. The fourth-order valence-corrected chi connectivity index (χ4v) is 7.23. The van der Waals surface area contributed by atoms with Crippen LogP contribution < -0.4 is 20.1 Å². The van der Waals surface area contributed by atoms with E-state index in [4.69, 9.17) is 9.47 Å². The third-order valence-electron chi connectivity index (χ3n) is 8.60. The molecule has 17 heteroatoms. The summed E-state index contributed by atoms with van der Waals surface area (Å²) in [6.45, 7) is 14.7. The monoisotopic (exact) mass is 753 g/mol. The first kappa shape index (κ1) is 40.4. The summed E-state index contributed by atoms with van der Waals surface area (Å²) < 4.78 is 80.2. The molecule has 52 heavy (non-hydrogen) atoms. The molecule has 2 heterocycles. The van der Waals surface area contributed by atoms with Crippen LogP contribution in [0.5, 0.6) is 5.75 Å². The second-order valence-electron chi connectivity index (χ2n) is 15.4. The van der Waals surface area contributed by atoms with Gasteiger partial charge in [0.1, 0.15) is 35.1 Å². The number of rotatable bonds is 11. The van der Waals surface area contributed by atoms with Crippen LogP contribution in [-0.2, 0) is 35.3 Å². The summed E-state index contributed by atoms with van der Waals surface area (Å²) in [5, 5.41) is 4.54. The number of benzene rings is 1. The molecule has 4 atom stereocenters. The number of sulfonamides is 1. The first-order valence-corrected chi connectivity index (χ1v) is 18.3. The van der Waals surface area contributed by atoms with Crippen molar-refractivity contribution in [2.45, 2.75) is 115 Å². The number of fused-ring (bicyclic) bond motifs is 1. The van der Waals surface area contributed by atoms with Crippen molar-refractivity contribution in [3.8, 4) is 5.75 Å². The predicted molar refractivity (Wildman–Crippen MR) is 185 cm³/mol. The summed E-state index contributed by atoms with van der Waals surface area (Å²) in [7, 11) is -3.99. The lowest BCUT2D eigenvalue weighted by Gasteiger charge is -2.36. The van der Waals surface area contributed by atoms with Gasteiger partial charge in [-0.25, -0.2) is 13.2 Å². The highest BCUT2D eigenvalue weighted by atomic mass is 32.2. The summed E-state index contributed by atoms with van der Waals surface area (Å²) in [5.74, 6) is -2.52. The highest BCUT2D eigenvalue weighted by molar-refractivity contribution is 7.91. The van der Waals surface area contributed by atoms with E-state index in [2.05, 4.69) is 22.2 Å². The maximum atomic E-state index is 14.4. The van der Waals surface area contributed by atoms with Gasteiger partial charge in [-0.2, -0.15) is 13.2 Å². The summed E-state index contributed by atoms with van der Waals surface area (Å²) in [6, 6.07) is 2.32. The average molecular weight is 754 g/mol. The minimum Gasteiger partial charge on any atom is -0.488 e. The molecule has 2 fully saturated rings. The lowest BCUT2D eigenvalue weighted by molar-refractivity contribution is -0.143. The average Bonchev–Trinajstić information content (AvgIpc) is 3.78. The molecule has 4 rings (SSSR count). The van der Waals surface area contributed by atoms with Crippen molar-refractivity contribution >= 4 is 44.7 Å². The van der Waals surface area contributed by atoms with Crippen LogP contribution >= 0.6 is 0 Å². The Kier molecular flexibility index (Phi) is 11.3. The van der Waals surface area contributed by atoms with Gasteiger partial charge in [0.25, 0.3) is 5.91 Å². The molecule has 0 radical (unpaired) electrons. The molecule has 13 nitrogen and oxygen atoms in total. The van der Waals surface area contributed by atoms with E-state index >= 15 is 0 Å². The van der Waals surface area contributed by atoms with Crippen LogP contribution in [0.4, 0.5) is 18.0 Å². The molecule has 1 aromatic heterocycles. The summed E-state index contributed by atoms with van der Waals surface area (Å²) in [5.41, 5.74) is -4.96. The molecule has 0 spiro atoms. The number of pyridine rings is 1. The number of alkyl halides is 3. The van der Waals surface area contributed by atoms with E-state index in [9.17, 15) is 40.8 Å². The minimum atomic E-state index is -4.70. The quantitative estimate of drug-likeness (QED) is 0.277. The molecule has 1 saturated heterocycles. The molecular weight excluding hydrogens is 707 g/mol. The minimum absolute atomic E-state index is 0.0231. The third-order valence-corrected chi connectivity index (χ3v) is 10.4. The van der Waals surface area contributed by atoms with Gasteiger partial charge in [-0.1, -0.05) is 32.9 Å². The summed E-state index contributed by atoms with van der Waals surface area (Å²) in [4.78, 5) is 59.9. The van der Waals surface area contributed by atoms with Gasteiger partial charge < -0.3 is 25.0 Å². The Morgan fingerprint density at radius 2 is 1.71 bits per heavy atom. The van der Waals surface area contributed by atoms with Crippen LogP contribution in [0.15, 0.2) is 43.1 Å². The van der Waals surface area contributed by atoms with Crippen molar-refractivity contribution in [1.29, 1.82) is 0 Å². The molecule has 0 bridgehead atoms. The molecule has 1 aromatic carbocycles. The number of aromatic nitrogens is 1. The normalized spacial score (nSPS) is 20.0. The Hall–Kier alpha value is -4.41. The number of carbonyl (C=O) groups is 4. The van der Waals surface area contributed by atoms with E-state index < -0.39 is 85.6 Å². The molecule has 2 aliphatic rings. The molecular formula is C35H46F3N5O8S. The van der Waals surface area contributed by atoms with Gasteiger partial charge in [-0.05, 0) is 70.6 Å². The van der Waals surface area contributed by atoms with Crippen LogP contribution in [-0.4, -0.2) is 83.2 Å². The molecule has 2 aromatic rings. The Labute approximate surface area is 301 Å². The first-order chi connectivity index (χ1) is 23.9. The number of nitrogens with one attached hydrogen (secondary N) is 3. The highest BCUT2D eigenvalue weighted by Crippen LogP contribution is 2.38. The Morgan fingerprint density at radius 1 is 1.06 bits per heavy atom. The van der Waals surface area contributed by atoms with Crippen LogP contribution in [0.2, 0.25) is 0 Å². The standard InChI is InChI=1S/C35H46F3N5O8S/c1-9-16-34(8,30(46)42-52(48,49)21-13-14-21)41-28(44)24-18-20(50-25-15-17-39-26-22(25)11-10-12-23(26)35(36,37)38)19-43(24)29(45)27(32(2,3)4)40-31(47)51-33(5,6)7/h9-12,15,17,20-21,24,27H,1,13-14,16,18-19H2,2-8H3,(H,40,47)(H,41,44)(H,42,46)/t20-,24+,27-,34+/m1/s1. The lowest BCUT2D eigenvalue weighted by atomic mass is 9.85. The van der Waals surface area contributed by atoms with Crippen LogP contribution in [0.3, 0.4) is 0 Å². The molecule has 1 aliphatic carbocycles. The Morgan fingerprint density at radius 3 is 2.27 bits per heavy atom. The molecule has 1 aliphatic heterocycles. The van der Waals surface area contributed by atoms with Crippen molar-refractivity contribution in [1.82, 2.24) is 25.2 Å². The van der Waals surface area contributed by atoms with Crippen molar-refractivity contribution < 1.29 is 50.2 Å². The van der Waals surface area contributed by atoms with E-state index in [0.717, 1.165) is 12.3 Å². The largest absolute Gasteiger partial charge is 0.488 e. The fraction of sp³-hybridized carbons (Fsp3) is 0.571. The smallest absolute Gasteiger partial charge is 0.418 e. The van der Waals surface area contributed by atoms with Crippen LogP contribution in [0.25, 0.3) is 10.9 Å². The summed E-state index contributed by atoms with van der Waals surface area (Å²) in [6.07, 6.45) is -3.63. The zero-order chi connectivity index (χ0) is 39.0. The zero-order valence-corrected chi connectivity index (χ0v) is 31.0. The zero-order valence-electron chi connectivity index (χ0n) is 30.2. The number of alkyl carbamates (subject to hydrolysis) is 1. The van der Waals surface area contributed by atoms with E-state index in [1.807, 2.05) is 4.72 Å². The number of halogens is 3. The Balaban J connectivity index is 1.70.